The quantitative estimate of drug-likeness (QED) is 0.391. The van der Waals surface area contributed by atoms with Crippen molar-refractivity contribution < 1.29 is 23.5 Å². The molecule has 1 heterocycles. The van der Waals surface area contributed by atoms with Crippen molar-refractivity contribution in [2.45, 2.75) is 6.42 Å². The van der Waals surface area contributed by atoms with Gasteiger partial charge in [-0.15, -0.1) is 0 Å². The average Bonchev–Trinajstić information content (AvgIpc) is 2.95. The molecule has 0 unspecified atom stereocenters. The van der Waals surface area contributed by atoms with Gasteiger partial charge in [-0.05, 0) is 55.0 Å². The minimum absolute atomic E-state index is 0.201. The molecule has 38 heavy (non-hydrogen) atoms. The molecule has 0 aromatic heterocycles. The summed E-state index contributed by atoms with van der Waals surface area (Å²) in [7, 11) is 3.29. The second-order valence-corrected chi connectivity index (χ2v) is 8.94. The smallest absolute Gasteiger partial charge is 0.255 e. The SMILES string of the molecule is COCCCNC(=O)c1cc(NC(=O)c2cccc(F)c2)ccc1N1CCN(c2ccccc2OC)CC1. The molecular weight excluding hydrogens is 487 g/mol. The van der Waals surface area contributed by atoms with Crippen LogP contribution in [0.15, 0.2) is 66.7 Å². The molecule has 0 aliphatic carbocycles. The monoisotopic (exact) mass is 520 g/mol. The van der Waals surface area contributed by atoms with Crippen molar-refractivity contribution in [1.29, 1.82) is 0 Å². The molecule has 3 aromatic rings. The Kier molecular flexibility index (Phi) is 9.16. The highest BCUT2D eigenvalue weighted by Crippen LogP contribution is 2.31. The molecule has 3 aromatic carbocycles. The topological polar surface area (TPSA) is 83.1 Å². The Morgan fingerprint density at radius 2 is 1.61 bits per heavy atom. The first kappa shape index (κ1) is 26.9. The number of rotatable bonds is 10. The maximum atomic E-state index is 13.6. The van der Waals surface area contributed by atoms with Crippen molar-refractivity contribution in [2.75, 3.05) is 68.7 Å². The van der Waals surface area contributed by atoms with Crippen LogP contribution < -0.4 is 25.2 Å². The summed E-state index contributed by atoms with van der Waals surface area (Å²) in [5.74, 6) is -0.342. The molecule has 1 fully saturated rings. The Bertz CT molecular complexity index is 1260. The van der Waals surface area contributed by atoms with E-state index in [4.69, 9.17) is 9.47 Å². The van der Waals surface area contributed by atoms with Crippen LogP contribution >= 0.6 is 0 Å². The molecule has 2 amide bonds. The number of carbonyl (C=O) groups excluding carboxylic acids is 2. The number of anilines is 3. The van der Waals surface area contributed by atoms with E-state index in [0.29, 0.717) is 43.9 Å². The summed E-state index contributed by atoms with van der Waals surface area (Å²) in [5.41, 5.74) is 2.95. The predicted octanol–water partition coefficient (Wildman–Crippen LogP) is 4.18. The van der Waals surface area contributed by atoms with Gasteiger partial charge in [0.2, 0.25) is 0 Å². The van der Waals surface area contributed by atoms with Crippen molar-refractivity contribution in [2.24, 2.45) is 0 Å². The second-order valence-electron chi connectivity index (χ2n) is 8.94. The van der Waals surface area contributed by atoms with E-state index in [1.165, 1.54) is 24.3 Å². The molecule has 0 atom stereocenters. The third-order valence-electron chi connectivity index (χ3n) is 6.44. The van der Waals surface area contributed by atoms with Gasteiger partial charge in [0.25, 0.3) is 11.8 Å². The first-order valence-electron chi connectivity index (χ1n) is 12.6. The van der Waals surface area contributed by atoms with Crippen LogP contribution in [0.1, 0.15) is 27.1 Å². The third-order valence-corrected chi connectivity index (χ3v) is 6.44. The summed E-state index contributed by atoms with van der Waals surface area (Å²) in [6.07, 6.45) is 0.686. The van der Waals surface area contributed by atoms with Crippen LogP contribution in [0, 0.1) is 5.82 Å². The van der Waals surface area contributed by atoms with E-state index in [1.54, 1.807) is 26.4 Å². The van der Waals surface area contributed by atoms with Crippen LogP contribution in [0.25, 0.3) is 0 Å². The van der Waals surface area contributed by atoms with Gasteiger partial charge in [-0.3, -0.25) is 9.59 Å². The number of para-hydroxylation sites is 2. The normalized spacial score (nSPS) is 13.2. The number of nitrogens with zero attached hydrogens (tertiary/aromatic N) is 2. The Balaban J connectivity index is 1.53. The Morgan fingerprint density at radius 1 is 0.868 bits per heavy atom. The first-order chi connectivity index (χ1) is 18.5. The molecule has 200 valence electrons. The van der Waals surface area contributed by atoms with Gasteiger partial charge in [0, 0.05) is 63.4 Å². The number of benzene rings is 3. The van der Waals surface area contributed by atoms with Crippen LogP contribution in [0.4, 0.5) is 21.5 Å². The number of piperazine rings is 1. The van der Waals surface area contributed by atoms with Gasteiger partial charge in [0.15, 0.2) is 0 Å². The highest BCUT2D eigenvalue weighted by Gasteiger charge is 2.24. The van der Waals surface area contributed by atoms with Crippen LogP contribution in [0.2, 0.25) is 0 Å². The van der Waals surface area contributed by atoms with Gasteiger partial charge < -0.3 is 29.9 Å². The number of halogens is 1. The van der Waals surface area contributed by atoms with Gasteiger partial charge >= 0.3 is 0 Å². The van der Waals surface area contributed by atoms with E-state index in [1.807, 2.05) is 30.3 Å². The van der Waals surface area contributed by atoms with Crippen LogP contribution in [0.3, 0.4) is 0 Å². The fourth-order valence-electron chi connectivity index (χ4n) is 4.50. The Hall–Kier alpha value is -4.11. The summed E-state index contributed by atoms with van der Waals surface area (Å²) in [5, 5.41) is 5.73. The predicted molar refractivity (Wildman–Crippen MR) is 147 cm³/mol. The van der Waals surface area contributed by atoms with E-state index in [9.17, 15) is 14.0 Å². The lowest BCUT2D eigenvalue weighted by Gasteiger charge is -2.38. The largest absolute Gasteiger partial charge is 0.495 e. The highest BCUT2D eigenvalue weighted by molar-refractivity contribution is 6.06. The van der Waals surface area contributed by atoms with Gasteiger partial charge in [0.05, 0.1) is 18.4 Å². The lowest BCUT2D eigenvalue weighted by Crippen LogP contribution is -2.47. The fourth-order valence-corrected chi connectivity index (χ4v) is 4.50. The number of carbonyl (C=O) groups is 2. The maximum absolute atomic E-state index is 13.6. The summed E-state index contributed by atoms with van der Waals surface area (Å²) in [6.45, 7) is 3.93. The van der Waals surface area contributed by atoms with Crippen molar-refractivity contribution in [3.05, 3.63) is 83.7 Å². The molecule has 1 aliphatic heterocycles. The first-order valence-corrected chi connectivity index (χ1v) is 12.6. The fraction of sp³-hybridized carbons (Fsp3) is 0.310. The lowest BCUT2D eigenvalue weighted by atomic mass is 10.1. The highest BCUT2D eigenvalue weighted by atomic mass is 19.1. The van der Waals surface area contributed by atoms with E-state index in [-0.39, 0.29) is 11.5 Å². The number of hydrogen-bond donors (Lipinski definition) is 2. The molecule has 0 spiro atoms. The Morgan fingerprint density at radius 3 is 2.32 bits per heavy atom. The molecule has 0 saturated carbocycles. The zero-order chi connectivity index (χ0) is 26.9. The van der Waals surface area contributed by atoms with Crippen LogP contribution in [-0.4, -0.2) is 65.4 Å². The second kappa shape index (κ2) is 12.9. The van der Waals surface area contributed by atoms with Crippen molar-refractivity contribution in [3.8, 4) is 5.75 Å². The van der Waals surface area contributed by atoms with Gasteiger partial charge in [0.1, 0.15) is 11.6 Å². The van der Waals surface area contributed by atoms with Crippen molar-refractivity contribution in [1.82, 2.24) is 5.32 Å². The van der Waals surface area contributed by atoms with Crippen molar-refractivity contribution in [3.63, 3.8) is 0 Å². The average molecular weight is 521 g/mol. The third kappa shape index (κ3) is 6.60. The maximum Gasteiger partial charge on any atom is 0.255 e. The van der Waals surface area contributed by atoms with E-state index >= 15 is 0 Å². The molecule has 0 radical (unpaired) electrons. The zero-order valence-corrected chi connectivity index (χ0v) is 21.7. The minimum atomic E-state index is -0.489. The molecule has 0 bridgehead atoms. The number of ether oxygens (including phenoxy) is 2. The van der Waals surface area contributed by atoms with Crippen molar-refractivity contribution >= 4 is 28.9 Å². The molecule has 1 aliphatic rings. The summed E-state index contributed by atoms with van der Waals surface area (Å²) < 4.78 is 24.2. The number of amides is 2. The van der Waals surface area contributed by atoms with E-state index in [0.717, 1.165) is 30.2 Å². The standard InChI is InChI=1S/C29H33FN4O4/c1-37-18-6-13-31-29(36)24-20-23(32-28(35)21-7-5-8-22(30)19-21)11-12-25(24)33-14-16-34(17-15-33)26-9-3-4-10-27(26)38-2/h3-5,7-12,19-20H,6,13-18H2,1-2H3,(H,31,36)(H,32,35). The van der Waals surface area contributed by atoms with Crippen LogP contribution in [0.5, 0.6) is 5.75 Å². The minimum Gasteiger partial charge on any atom is -0.495 e. The molecule has 1 saturated heterocycles. The van der Waals surface area contributed by atoms with E-state index in [2.05, 4.69) is 20.4 Å². The summed E-state index contributed by atoms with van der Waals surface area (Å²) >= 11 is 0. The lowest BCUT2D eigenvalue weighted by molar-refractivity contribution is 0.0947. The zero-order valence-electron chi connectivity index (χ0n) is 21.7. The molecule has 8 nitrogen and oxygen atoms in total. The number of hydrogen-bond acceptors (Lipinski definition) is 6. The van der Waals surface area contributed by atoms with Gasteiger partial charge in [-0.1, -0.05) is 18.2 Å². The summed E-state index contributed by atoms with van der Waals surface area (Å²) in [4.78, 5) is 30.4. The Labute approximate surface area is 222 Å². The molecular formula is C29H33FN4O4. The number of methoxy groups -OCH3 is 2. The van der Waals surface area contributed by atoms with E-state index < -0.39 is 11.7 Å². The molecule has 4 rings (SSSR count). The molecule has 9 heteroatoms. The molecule has 2 N–H and O–H groups in total. The number of nitrogens with one attached hydrogen (secondary N) is 2. The van der Waals surface area contributed by atoms with Gasteiger partial charge in [-0.2, -0.15) is 0 Å². The van der Waals surface area contributed by atoms with Gasteiger partial charge in [-0.25, -0.2) is 4.39 Å². The van der Waals surface area contributed by atoms with Crippen LogP contribution in [-0.2, 0) is 4.74 Å². The summed E-state index contributed by atoms with van der Waals surface area (Å²) in [6, 6.07) is 18.7.